The van der Waals surface area contributed by atoms with E-state index in [1.54, 1.807) is 0 Å². The van der Waals surface area contributed by atoms with Crippen LogP contribution in [0, 0.1) is 6.92 Å². The van der Waals surface area contributed by atoms with Gasteiger partial charge in [-0.2, -0.15) is 15.1 Å². The normalized spacial score (nSPS) is 16.8. The van der Waals surface area contributed by atoms with Crippen LogP contribution in [-0.4, -0.2) is 51.6 Å². The van der Waals surface area contributed by atoms with E-state index in [4.69, 9.17) is 9.26 Å². The summed E-state index contributed by atoms with van der Waals surface area (Å²) in [5.41, 5.74) is 2.02. The summed E-state index contributed by atoms with van der Waals surface area (Å²) >= 11 is 0. The third kappa shape index (κ3) is 4.32. The Balaban J connectivity index is 1.37. The van der Waals surface area contributed by atoms with Crippen molar-refractivity contribution in [2.75, 3.05) is 41.8 Å². The summed E-state index contributed by atoms with van der Waals surface area (Å²) < 4.78 is 10.7. The molecule has 0 spiro atoms. The Morgan fingerprint density at radius 3 is 2.76 bits per heavy atom. The number of ether oxygens (including phenoxy) is 1. The van der Waals surface area contributed by atoms with Crippen LogP contribution in [0.3, 0.4) is 0 Å². The monoisotopic (exact) mass is 396 g/mol. The second kappa shape index (κ2) is 7.70. The lowest BCUT2D eigenvalue weighted by molar-refractivity contribution is 0.122. The van der Waals surface area contributed by atoms with E-state index in [1.807, 2.05) is 19.1 Å². The molecule has 1 saturated heterocycles. The van der Waals surface area contributed by atoms with Crippen LogP contribution in [0.1, 0.15) is 35.9 Å². The topological polar surface area (TPSA) is 117 Å². The van der Waals surface area contributed by atoms with E-state index in [1.165, 1.54) is 18.5 Å². The highest BCUT2D eigenvalue weighted by atomic mass is 16.5. The Bertz CT molecular complexity index is 974. The van der Waals surface area contributed by atoms with E-state index in [-0.39, 0.29) is 0 Å². The van der Waals surface area contributed by atoms with Gasteiger partial charge in [0.1, 0.15) is 11.6 Å². The number of morpholine rings is 1. The molecular weight excluding hydrogens is 372 g/mol. The minimum Gasteiger partial charge on any atom is -0.378 e. The minimum absolute atomic E-state index is 0.459. The average Bonchev–Trinajstić information content (AvgIpc) is 3.35. The lowest BCUT2D eigenvalue weighted by Crippen LogP contribution is -2.37. The van der Waals surface area contributed by atoms with Crippen molar-refractivity contribution < 1.29 is 9.26 Å². The first-order valence-corrected chi connectivity index (χ1v) is 9.93. The number of aryl methyl sites for hydroxylation is 1. The first kappa shape index (κ1) is 17.9. The second-order valence-electron chi connectivity index (χ2n) is 7.43. The Kier molecular flexibility index (Phi) is 4.76. The third-order valence-corrected chi connectivity index (χ3v) is 5.02. The van der Waals surface area contributed by atoms with Crippen LogP contribution in [0.25, 0.3) is 0 Å². The van der Waals surface area contributed by atoms with Crippen molar-refractivity contribution in [2.24, 2.45) is 0 Å². The number of anilines is 4. The highest BCUT2D eigenvalue weighted by molar-refractivity contribution is 5.60. The molecule has 1 aliphatic carbocycles. The average molecular weight is 396 g/mol. The summed E-state index contributed by atoms with van der Waals surface area (Å²) in [7, 11) is 0. The summed E-state index contributed by atoms with van der Waals surface area (Å²) in [6.45, 7) is 5.33. The largest absolute Gasteiger partial charge is 0.378 e. The van der Waals surface area contributed by atoms with Crippen molar-refractivity contribution in [3.8, 4) is 0 Å². The number of hydrogen-bond donors (Lipinski definition) is 3. The highest BCUT2D eigenvalue weighted by Gasteiger charge is 2.25. The molecule has 0 unspecified atom stereocenters. The van der Waals surface area contributed by atoms with Crippen molar-refractivity contribution in [1.82, 2.24) is 25.3 Å². The van der Waals surface area contributed by atoms with Crippen LogP contribution in [0.2, 0.25) is 0 Å². The molecular formula is C19H24N8O2. The Morgan fingerprint density at radius 2 is 2.00 bits per heavy atom. The van der Waals surface area contributed by atoms with Crippen LogP contribution in [-0.2, 0) is 11.3 Å². The zero-order chi connectivity index (χ0) is 19.6. The maximum Gasteiger partial charge on any atom is 0.227 e. The predicted octanol–water partition coefficient (Wildman–Crippen LogP) is 2.57. The van der Waals surface area contributed by atoms with Gasteiger partial charge in [-0.05, 0) is 19.8 Å². The lowest BCUT2D eigenvalue weighted by Gasteiger charge is -2.28. The molecule has 4 heterocycles. The van der Waals surface area contributed by atoms with Gasteiger partial charge in [0.15, 0.2) is 11.6 Å². The van der Waals surface area contributed by atoms with Gasteiger partial charge in [0.05, 0.1) is 25.5 Å². The smallest absolute Gasteiger partial charge is 0.227 e. The van der Waals surface area contributed by atoms with Crippen LogP contribution in [0.15, 0.2) is 22.7 Å². The lowest BCUT2D eigenvalue weighted by atomic mass is 10.3. The quantitative estimate of drug-likeness (QED) is 0.554. The molecule has 152 valence electrons. The fraction of sp³-hybridized carbons (Fsp3) is 0.474. The first-order valence-electron chi connectivity index (χ1n) is 9.93. The predicted molar refractivity (Wildman–Crippen MR) is 107 cm³/mol. The van der Waals surface area contributed by atoms with E-state index < -0.39 is 0 Å². The Labute approximate surface area is 168 Å². The number of hydrogen-bond acceptors (Lipinski definition) is 9. The van der Waals surface area contributed by atoms with Gasteiger partial charge in [-0.25, -0.2) is 0 Å². The molecule has 3 aromatic heterocycles. The van der Waals surface area contributed by atoms with Gasteiger partial charge in [-0.3, -0.25) is 5.10 Å². The van der Waals surface area contributed by atoms with Gasteiger partial charge in [0, 0.05) is 42.9 Å². The number of rotatable bonds is 7. The van der Waals surface area contributed by atoms with Crippen LogP contribution < -0.4 is 15.5 Å². The SMILES string of the molecule is Cc1cc(CNc2nc(Nc3cc(C4CC4)[nH]n3)cc(N3CCOCC3)n2)on1. The fourth-order valence-corrected chi connectivity index (χ4v) is 3.33. The molecule has 2 fully saturated rings. The molecule has 10 heteroatoms. The molecule has 5 rings (SSSR count). The zero-order valence-corrected chi connectivity index (χ0v) is 16.3. The molecule has 3 aromatic rings. The van der Waals surface area contributed by atoms with Crippen molar-refractivity contribution in [3.05, 3.63) is 35.3 Å². The molecule has 0 amide bonds. The summed E-state index contributed by atoms with van der Waals surface area (Å²) in [5, 5.41) is 17.9. The molecule has 0 atom stereocenters. The van der Waals surface area contributed by atoms with E-state index in [2.05, 4.69) is 46.9 Å². The molecule has 0 bridgehead atoms. The van der Waals surface area contributed by atoms with E-state index in [9.17, 15) is 0 Å². The summed E-state index contributed by atoms with van der Waals surface area (Å²) in [6.07, 6.45) is 2.46. The van der Waals surface area contributed by atoms with Gasteiger partial charge >= 0.3 is 0 Å². The maximum absolute atomic E-state index is 5.47. The number of nitrogens with zero attached hydrogens (tertiary/aromatic N) is 5. The van der Waals surface area contributed by atoms with E-state index >= 15 is 0 Å². The van der Waals surface area contributed by atoms with Gasteiger partial charge in [0.2, 0.25) is 5.95 Å². The van der Waals surface area contributed by atoms with Crippen molar-refractivity contribution in [3.63, 3.8) is 0 Å². The van der Waals surface area contributed by atoms with Gasteiger partial charge in [-0.15, -0.1) is 0 Å². The Morgan fingerprint density at radius 1 is 1.14 bits per heavy atom. The number of H-pyrrole nitrogens is 1. The maximum atomic E-state index is 5.47. The molecule has 0 aromatic carbocycles. The molecule has 1 saturated carbocycles. The molecule has 0 radical (unpaired) electrons. The molecule has 10 nitrogen and oxygen atoms in total. The van der Waals surface area contributed by atoms with Gasteiger partial charge < -0.3 is 24.8 Å². The standard InChI is InChI=1S/C19H24N8O2/c1-12-8-14(29-26-12)11-20-19-22-16(10-18(23-19)27-4-6-28-7-5-27)21-17-9-15(24-25-17)13-2-3-13/h8-10,13H,2-7,11H2,1H3,(H3,20,21,22,23,24,25). The van der Waals surface area contributed by atoms with Gasteiger partial charge in [0.25, 0.3) is 0 Å². The van der Waals surface area contributed by atoms with Crippen LogP contribution in [0.4, 0.5) is 23.4 Å². The summed E-state index contributed by atoms with van der Waals surface area (Å²) in [4.78, 5) is 11.5. The van der Waals surface area contributed by atoms with Gasteiger partial charge in [-0.1, -0.05) is 5.16 Å². The number of aromatic nitrogens is 5. The van der Waals surface area contributed by atoms with Crippen LogP contribution >= 0.6 is 0 Å². The molecule has 29 heavy (non-hydrogen) atoms. The number of nitrogens with one attached hydrogen (secondary N) is 3. The molecule has 2 aliphatic rings. The van der Waals surface area contributed by atoms with Crippen molar-refractivity contribution in [1.29, 1.82) is 0 Å². The molecule has 1 aliphatic heterocycles. The Hall–Kier alpha value is -3.14. The molecule has 3 N–H and O–H groups in total. The fourth-order valence-electron chi connectivity index (χ4n) is 3.33. The third-order valence-electron chi connectivity index (χ3n) is 5.02. The van der Waals surface area contributed by atoms with Crippen molar-refractivity contribution >= 4 is 23.4 Å². The summed E-state index contributed by atoms with van der Waals surface area (Å²) in [5.74, 6) is 4.17. The van der Waals surface area contributed by atoms with Crippen LogP contribution in [0.5, 0.6) is 0 Å². The zero-order valence-electron chi connectivity index (χ0n) is 16.3. The second-order valence-corrected chi connectivity index (χ2v) is 7.43. The minimum atomic E-state index is 0.459. The van der Waals surface area contributed by atoms with E-state index in [0.717, 1.165) is 36.2 Å². The highest BCUT2D eigenvalue weighted by Crippen LogP contribution is 2.39. The van der Waals surface area contributed by atoms with E-state index in [0.29, 0.717) is 37.4 Å². The number of aromatic amines is 1. The van der Waals surface area contributed by atoms with Crippen molar-refractivity contribution in [2.45, 2.75) is 32.2 Å². The summed E-state index contributed by atoms with van der Waals surface area (Å²) in [6, 6.07) is 5.89. The first-order chi connectivity index (χ1) is 14.2.